The highest BCUT2D eigenvalue weighted by molar-refractivity contribution is 5.86. The Labute approximate surface area is 113 Å². The summed E-state index contributed by atoms with van der Waals surface area (Å²) in [7, 11) is 1.33. The molecule has 0 saturated heterocycles. The SMILES string of the molecule is COC(=O)c1ccc(NC2CCC(C)CC2C)nn1. The molecule has 3 atom stereocenters. The van der Waals surface area contributed by atoms with Crippen LogP contribution in [-0.2, 0) is 4.74 Å². The number of nitrogens with zero attached hydrogens (tertiary/aromatic N) is 2. The van der Waals surface area contributed by atoms with Crippen LogP contribution in [0.2, 0.25) is 0 Å². The lowest BCUT2D eigenvalue weighted by Gasteiger charge is -2.33. The van der Waals surface area contributed by atoms with Crippen LogP contribution in [0.4, 0.5) is 5.82 Å². The van der Waals surface area contributed by atoms with Crippen molar-refractivity contribution in [3.8, 4) is 0 Å². The second kappa shape index (κ2) is 5.99. The maximum atomic E-state index is 11.3. The molecule has 0 amide bonds. The summed E-state index contributed by atoms with van der Waals surface area (Å²) in [4.78, 5) is 11.3. The van der Waals surface area contributed by atoms with Crippen molar-refractivity contribution in [3.63, 3.8) is 0 Å². The highest BCUT2D eigenvalue weighted by Crippen LogP contribution is 2.30. The summed E-state index contributed by atoms with van der Waals surface area (Å²) in [5.74, 6) is 1.70. The van der Waals surface area contributed by atoms with Gasteiger partial charge in [0, 0.05) is 6.04 Å². The molecule has 1 N–H and O–H groups in total. The van der Waals surface area contributed by atoms with Gasteiger partial charge in [-0.05, 0) is 43.2 Å². The summed E-state index contributed by atoms with van der Waals surface area (Å²) in [6.07, 6.45) is 3.64. The number of hydrogen-bond donors (Lipinski definition) is 1. The van der Waals surface area contributed by atoms with Crippen LogP contribution in [-0.4, -0.2) is 29.3 Å². The maximum absolute atomic E-state index is 11.3. The maximum Gasteiger partial charge on any atom is 0.358 e. The predicted molar refractivity (Wildman–Crippen MR) is 73.0 cm³/mol. The average Bonchev–Trinajstić information content (AvgIpc) is 2.42. The molecule has 1 saturated carbocycles. The number of anilines is 1. The molecule has 1 aromatic heterocycles. The molecule has 0 aliphatic heterocycles. The van der Waals surface area contributed by atoms with Crippen LogP contribution in [0.25, 0.3) is 0 Å². The van der Waals surface area contributed by atoms with E-state index in [1.807, 2.05) is 0 Å². The Morgan fingerprint density at radius 1 is 1.32 bits per heavy atom. The second-order valence-electron chi connectivity index (χ2n) is 5.44. The van der Waals surface area contributed by atoms with E-state index in [-0.39, 0.29) is 5.69 Å². The minimum atomic E-state index is -0.459. The van der Waals surface area contributed by atoms with Crippen molar-refractivity contribution in [1.82, 2.24) is 10.2 Å². The lowest BCUT2D eigenvalue weighted by atomic mass is 9.80. The fraction of sp³-hybridized carbons (Fsp3) is 0.643. The Bertz CT molecular complexity index is 433. The molecule has 0 radical (unpaired) electrons. The third-order valence-corrected chi connectivity index (χ3v) is 3.82. The van der Waals surface area contributed by atoms with E-state index in [9.17, 15) is 4.79 Å². The number of esters is 1. The Balaban J connectivity index is 1.98. The van der Waals surface area contributed by atoms with Gasteiger partial charge in [0.05, 0.1) is 7.11 Å². The number of methoxy groups -OCH3 is 1. The van der Waals surface area contributed by atoms with E-state index in [4.69, 9.17) is 0 Å². The van der Waals surface area contributed by atoms with Crippen molar-refractivity contribution in [2.24, 2.45) is 11.8 Å². The first-order valence-electron chi connectivity index (χ1n) is 6.78. The Morgan fingerprint density at radius 2 is 2.11 bits per heavy atom. The molecular weight excluding hydrogens is 242 g/mol. The van der Waals surface area contributed by atoms with Gasteiger partial charge in [-0.1, -0.05) is 13.8 Å². The van der Waals surface area contributed by atoms with Crippen LogP contribution in [0.3, 0.4) is 0 Å². The van der Waals surface area contributed by atoms with Crippen molar-refractivity contribution in [1.29, 1.82) is 0 Å². The zero-order valence-electron chi connectivity index (χ0n) is 11.7. The van der Waals surface area contributed by atoms with Crippen molar-refractivity contribution in [2.45, 2.75) is 39.2 Å². The van der Waals surface area contributed by atoms with Crippen molar-refractivity contribution >= 4 is 11.8 Å². The molecule has 1 aliphatic carbocycles. The van der Waals surface area contributed by atoms with Crippen molar-refractivity contribution < 1.29 is 9.53 Å². The van der Waals surface area contributed by atoms with Crippen molar-refractivity contribution in [2.75, 3.05) is 12.4 Å². The van der Waals surface area contributed by atoms with E-state index in [0.717, 1.165) is 18.2 Å². The number of rotatable bonds is 3. The predicted octanol–water partition coefficient (Wildman–Crippen LogP) is 2.50. The zero-order valence-corrected chi connectivity index (χ0v) is 11.7. The summed E-state index contributed by atoms with van der Waals surface area (Å²) in [5, 5.41) is 11.3. The molecule has 1 fully saturated rings. The van der Waals surface area contributed by atoms with E-state index in [1.54, 1.807) is 12.1 Å². The fourth-order valence-corrected chi connectivity index (χ4v) is 2.69. The van der Waals surface area contributed by atoms with Crippen LogP contribution in [0.1, 0.15) is 43.6 Å². The van der Waals surface area contributed by atoms with Crippen LogP contribution >= 0.6 is 0 Å². The van der Waals surface area contributed by atoms with E-state index in [0.29, 0.717) is 12.0 Å². The molecule has 1 aliphatic rings. The number of carbonyl (C=O) groups is 1. The third kappa shape index (κ3) is 3.43. The number of ether oxygens (including phenoxy) is 1. The van der Waals surface area contributed by atoms with Gasteiger partial charge in [0.25, 0.3) is 0 Å². The van der Waals surface area contributed by atoms with E-state index in [2.05, 4.69) is 34.1 Å². The molecular formula is C14H21N3O2. The Morgan fingerprint density at radius 3 is 2.68 bits per heavy atom. The van der Waals surface area contributed by atoms with Crippen LogP contribution in [0.15, 0.2) is 12.1 Å². The summed E-state index contributed by atoms with van der Waals surface area (Å²) in [5.41, 5.74) is 0.235. The van der Waals surface area contributed by atoms with Gasteiger partial charge in [-0.15, -0.1) is 10.2 Å². The highest BCUT2D eigenvalue weighted by Gasteiger charge is 2.25. The van der Waals surface area contributed by atoms with E-state index >= 15 is 0 Å². The number of aromatic nitrogens is 2. The third-order valence-electron chi connectivity index (χ3n) is 3.82. The van der Waals surface area contributed by atoms with Gasteiger partial charge in [0.2, 0.25) is 0 Å². The van der Waals surface area contributed by atoms with Gasteiger partial charge >= 0.3 is 5.97 Å². The summed E-state index contributed by atoms with van der Waals surface area (Å²) in [6, 6.07) is 3.86. The van der Waals surface area contributed by atoms with Gasteiger partial charge in [-0.3, -0.25) is 0 Å². The zero-order chi connectivity index (χ0) is 13.8. The van der Waals surface area contributed by atoms with E-state index in [1.165, 1.54) is 20.0 Å². The second-order valence-corrected chi connectivity index (χ2v) is 5.44. The first kappa shape index (κ1) is 13.8. The summed E-state index contributed by atoms with van der Waals surface area (Å²) >= 11 is 0. The first-order valence-corrected chi connectivity index (χ1v) is 6.78. The fourth-order valence-electron chi connectivity index (χ4n) is 2.69. The lowest BCUT2D eigenvalue weighted by Crippen LogP contribution is -2.33. The van der Waals surface area contributed by atoms with Gasteiger partial charge in [0.1, 0.15) is 5.82 Å². The monoisotopic (exact) mass is 263 g/mol. The van der Waals surface area contributed by atoms with E-state index < -0.39 is 5.97 Å². The number of hydrogen-bond acceptors (Lipinski definition) is 5. The molecule has 0 spiro atoms. The number of carbonyl (C=O) groups excluding carboxylic acids is 1. The first-order chi connectivity index (χ1) is 9.10. The van der Waals surface area contributed by atoms with Crippen LogP contribution < -0.4 is 5.32 Å². The summed E-state index contributed by atoms with van der Waals surface area (Å²) < 4.78 is 4.59. The van der Waals surface area contributed by atoms with Gasteiger partial charge in [0.15, 0.2) is 5.69 Å². The quantitative estimate of drug-likeness (QED) is 0.849. The smallest absolute Gasteiger partial charge is 0.358 e. The van der Waals surface area contributed by atoms with Gasteiger partial charge in [-0.25, -0.2) is 4.79 Å². The highest BCUT2D eigenvalue weighted by atomic mass is 16.5. The largest absolute Gasteiger partial charge is 0.464 e. The van der Waals surface area contributed by atoms with Crippen LogP contribution in [0.5, 0.6) is 0 Å². The minimum Gasteiger partial charge on any atom is -0.464 e. The molecule has 0 bridgehead atoms. The van der Waals surface area contributed by atoms with Gasteiger partial charge in [-0.2, -0.15) is 0 Å². The molecule has 1 aromatic rings. The molecule has 19 heavy (non-hydrogen) atoms. The molecule has 104 valence electrons. The Hall–Kier alpha value is -1.65. The average molecular weight is 263 g/mol. The molecule has 5 nitrogen and oxygen atoms in total. The molecule has 2 rings (SSSR count). The molecule has 5 heteroatoms. The minimum absolute atomic E-state index is 0.235. The number of nitrogens with one attached hydrogen (secondary N) is 1. The topological polar surface area (TPSA) is 64.1 Å². The van der Waals surface area contributed by atoms with Crippen molar-refractivity contribution in [3.05, 3.63) is 17.8 Å². The summed E-state index contributed by atoms with van der Waals surface area (Å²) in [6.45, 7) is 4.57. The Kier molecular flexibility index (Phi) is 4.35. The standard InChI is InChI=1S/C14H21N3O2/c1-9-4-5-11(10(2)8-9)15-13-7-6-12(16-17-13)14(18)19-3/h6-7,9-11H,4-5,8H2,1-3H3,(H,15,17). The van der Waals surface area contributed by atoms with Crippen LogP contribution in [0, 0.1) is 11.8 Å². The molecule has 0 aromatic carbocycles. The lowest BCUT2D eigenvalue weighted by molar-refractivity contribution is 0.0593. The van der Waals surface area contributed by atoms with Gasteiger partial charge < -0.3 is 10.1 Å². The molecule has 1 heterocycles. The normalized spacial score (nSPS) is 26.8. The molecule has 3 unspecified atom stereocenters.